The van der Waals surface area contributed by atoms with Crippen molar-refractivity contribution in [1.82, 2.24) is 14.9 Å². The van der Waals surface area contributed by atoms with Crippen LogP contribution < -0.4 is 14.8 Å². The van der Waals surface area contributed by atoms with Gasteiger partial charge in [0.25, 0.3) is 0 Å². The van der Waals surface area contributed by atoms with E-state index < -0.39 is 0 Å². The van der Waals surface area contributed by atoms with Crippen molar-refractivity contribution < 1.29 is 14.3 Å². The molecule has 1 amide bonds. The zero-order chi connectivity index (χ0) is 21.8. The first-order valence-corrected chi connectivity index (χ1v) is 10.2. The highest BCUT2D eigenvalue weighted by atomic mass is 16.5. The van der Waals surface area contributed by atoms with E-state index in [0.717, 1.165) is 29.5 Å². The molecule has 1 saturated heterocycles. The number of nitrogens with zero attached hydrogens (tertiary/aromatic N) is 3. The molecular weight excluding hydrogens is 392 g/mol. The van der Waals surface area contributed by atoms with Gasteiger partial charge in [0.2, 0.25) is 5.91 Å². The topological polar surface area (TPSA) is 76.6 Å². The normalized spacial score (nSPS) is 14.2. The van der Waals surface area contributed by atoms with Gasteiger partial charge in [-0.15, -0.1) is 6.42 Å². The van der Waals surface area contributed by atoms with Gasteiger partial charge in [-0.1, -0.05) is 12.0 Å². The van der Waals surface area contributed by atoms with Gasteiger partial charge < -0.3 is 19.7 Å². The van der Waals surface area contributed by atoms with E-state index in [2.05, 4.69) is 21.2 Å². The van der Waals surface area contributed by atoms with Crippen LogP contribution in [0, 0.1) is 12.3 Å². The molecule has 2 heterocycles. The molecule has 0 saturated carbocycles. The first-order chi connectivity index (χ1) is 15.1. The van der Waals surface area contributed by atoms with Crippen molar-refractivity contribution in [2.75, 3.05) is 25.5 Å². The van der Waals surface area contributed by atoms with Crippen molar-refractivity contribution in [2.45, 2.75) is 25.9 Å². The minimum absolute atomic E-state index is 0.0451. The Morgan fingerprint density at radius 2 is 2.00 bits per heavy atom. The molecule has 1 aliphatic heterocycles. The Morgan fingerprint density at radius 3 is 2.71 bits per heavy atom. The lowest BCUT2D eigenvalue weighted by Gasteiger charge is -2.31. The van der Waals surface area contributed by atoms with Gasteiger partial charge in [-0.2, -0.15) is 9.97 Å². The maximum Gasteiger partial charge on any atom is 0.319 e. The van der Waals surface area contributed by atoms with Gasteiger partial charge in [-0.3, -0.25) is 4.79 Å². The van der Waals surface area contributed by atoms with Crippen LogP contribution in [0.2, 0.25) is 0 Å². The molecule has 7 nitrogen and oxygen atoms in total. The van der Waals surface area contributed by atoms with Crippen LogP contribution in [0.1, 0.15) is 25.3 Å². The second-order valence-corrected chi connectivity index (χ2v) is 7.41. The predicted octanol–water partition coefficient (Wildman–Crippen LogP) is 3.75. The summed E-state index contributed by atoms with van der Waals surface area (Å²) >= 11 is 0. The number of methoxy groups -OCH3 is 1. The fraction of sp³-hybridized carbons (Fsp3) is 0.292. The van der Waals surface area contributed by atoms with Crippen LogP contribution in [0.4, 0.5) is 11.5 Å². The van der Waals surface area contributed by atoms with Gasteiger partial charge in [0.05, 0.1) is 12.6 Å². The van der Waals surface area contributed by atoms with E-state index in [1.165, 1.54) is 0 Å². The molecular formula is C24H24N4O3. The van der Waals surface area contributed by atoms with Gasteiger partial charge in [0.15, 0.2) is 0 Å². The number of hydrogen-bond donors (Lipinski definition) is 1. The van der Waals surface area contributed by atoms with Gasteiger partial charge in [0.1, 0.15) is 17.7 Å². The Balaban J connectivity index is 1.64. The molecule has 31 heavy (non-hydrogen) atoms. The molecule has 4 rings (SSSR count). The second-order valence-electron chi connectivity index (χ2n) is 7.41. The van der Waals surface area contributed by atoms with E-state index in [1.807, 2.05) is 47.4 Å². The van der Waals surface area contributed by atoms with Crippen LogP contribution in [0.3, 0.4) is 0 Å². The summed E-state index contributed by atoms with van der Waals surface area (Å²) in [5.74, 6) is 4.06. The molecule has 0 aliphatic carbocycles. The number of carbonyl (C=O) groups excluding carboxylic acids is 1. The number of amides is 1. The average Bonchev–Trinajstić information content (AvgIpc) is 2.79. The van der Waals surface area contributed by atoms with E-state index >= 15 is 0 Å². The quantitative estimate of drug-likeness (QED) is 0.639. The summed E-state index contributed by atoms with van der Waals surface area (Å²) in [6.07, 6.45) is 6.97. The lowest BCUT2D eigenvalue weighted by Crippen LogP contribution is -2.40. The zero-order valence-electron chi connectivity index (χ0n) is 17.6. The predicted molar refractivity (Wildman–Crippen MR) is 120 cm³/mol. The van der Waals surface area contributed by atoms with E-state index in [-0.39, 0.29) is 18.0 Å². The standard InChI is InChI=1S/C24H24N4O3/c1-4-17-6-5-7-18(14-17)25-23-21-9-8-20(30-3)15-22(21)26-24(27-23)31-19-10-12-28(13-11-19)16(2)29/h1,5-9,14-15,19H,10-13H2,2-3H3,(H,25,26,27). The molecule has 7 heteroatoms. The molecule has 1 aliphatic rings. The van der Waals surface area contributed by atoms with Crippen LogP contribution in [0.25, 0.3) is 10.9 Å². The number of carbonyl (C=O) groups is 1. The van der Waals surface area contributed by atoms with Gasteiger partial charge in [-0.05, 0) is 30.3 Å². The van der Waals surface area contributed by atoms with Crippen LogP contribution in [-0.4, -0.2) is 47.1 Å². The molecule has 0 spiro atoms. The number of ether oxygens (including phenoxy) is 2. The highest BCUT2D eigenvalue weighted by molar-refractivity contribution is 5.92. The number of piperidine rings is 1. The Kier molecular flexibility index (Phi) is 5.89. The third kappa shape index (κ3) is 4.69. The molecule has 2 aromatic carbocycles. The number of aromatic nitrogens is 2. The van der Waals surface area contributed by atoms with Crippen LogP contribution in [-0.2, 0) is 4.79 Å². The molecule has 0 atom stereocenters. The fourth-order valence-corrected chi connectivity index (χ4v) is 3.62. The summed E-state index contributed by atoms with van der Waals surface area (Å²) < 4.78 is 11.5. The van der Waals surface area contributed by atoms with Crippen molar-refractivity contribution in [3.05, 3.63) is 48.0 Å². The van der Waals surface area contributed by atoms with Crippen molar-refractivity contribution in [2.24, 2.45) is 0 Å². The highest BCUT2D eigenvalue weighted by Crippen LogP contribution is 2.30. The molecule has 1 fully saturated rings. The summed E-state index contributed by atoms with van der Waals surface area (Å²) in [6.45, 7) is 2.94. The van der Waals surface area contributed by atoms with E-state index in [4.69, 9.17) is 15.9 Å². The van der Waals surface area contributed by atoms with E-state index in [1.54, 1.807) is 14.0 Å². The number of terminal acetylenes is 1. The Morgan fingerprint density at radius 1 is 1.19 bits per heavy atom. The lowest BCUT2D eigenvalue weighted by atomic mass is 10.1. The zero-order valence-corrected chi connectivity index (χ0v) is 17.6. The Hall–Kier alpha value is -3.79. The summed E-state index contributed by atoms with van der Waals surface area (Å²) in [5, 5.41) is 4.18. The molecule has 1 N–H and O–H groups in total. The first-order valence-electron chi connectivity index (χ1n) is 10.2. The van der Waals surface area contributed by atoms with Crippen molar-refractivity contribution in [3.63, 3.8) is 0 Å². The van der Waals surface area contributed by atoms with E-state index in [0.29, 0.717) is 30.2 Å². The highest BCUT2D eigenvalue weighted by Gasteiger charge is 2.23. The third-order valence-electron chi connectivity index (χ3n) is 5.33. The molecule has 0 unspecified atom stereocenters. The summed E-state index contributed by atoms with van der Waals surface area (Å²) in [4.78, 5) is 22.6. The van der Waals surface area contributed by atoms with Crippen molar-refractivity contribution in [3.8, 4) is 24.1 Å². The molecule has 0 bridgehead atoms. The van der Waals surface area contributed by atoms with E-state index in [9.17, 15) is 4.79 Å². The fourth-order valence-electron chi connectivity index (χ4n) is 3.62. The number of fused-ring (bicyclic) bond motifs is 1. The summed E-state index contributed by atoms with van der Waals surface area (Å²) in [7, 11) is 1.62. The van der Waals surface area contributed by atoms with Gasteiger partial charge >= 0.3 is 6.01 Å². The van der Waals surface area contributed by atoms with Crippen molar-refractivity contribution in [1.29, 1.82) is 0 Å². The number of nitrogens with one attached hydrogen (secondary N) is 1. The molecule has 158 valence electrons. The molecule has 0 radical (unpaired) electrons. The average molecular weight is 416 g/mol. The number of rotatable bonds is 5. The summed E-state index contributed by atoms with van der Waals surface area (Å²) in [6, 6.07) is 13.5. The maximum atomic E-state index is 11.6. The lowest BCUT2D eigenvalue weighted by molar-refractivity contribution is -0.130. The van der Waals surface area contributed by atoms with Gasteiger partial charge in [0, 0.05) is 55.6 Å². The minimum atomic E-state index is -0.0451. The SMILES string of the molecule is C#Cc1cccc(Nc2nc(OC3CCN(C(C)=O)CC3)nc3cc(OC)ccc23)c1. The Labute approximate surface area is 181 Å². The number of hydrogen-bond acceptors (Lipinski definition) is 6. The Bertz CT molecular complexity index is 1150. The number of benzene rings is 2. The largest absolute Gasteiger partial charge is 0.497 e. The molecule has 3 aromatic rings. The maximum absolute atomic E-state index is 11.6. The second kappa shape index (κ2) is 8.92. The number of anilines is 2. The van der Waals surface area contributed by atoms with Crippen LogP contribution in [0.15, 0.2) is 42.5 Å². The smallest absolute Gasteiger partial charge is 0.319 e. The molecule has 1 aromatic heterocycles. The van der Waals surface area contributed by atoms with Crippen LogP contribution >= 0.6 is 0 Å². The van der Waals surface area contributed by atoms with Gasteiger partial charge in [-0.25, -0.2) is 0 Å². The van der Waals surface area contributed by atoms with Crippen molar-refractivity contribution >= 4 is 28.3 Å². The minimum Gasteiger partial charge on any atom is -0.497 e. The van der Waals surface area contributed by atoms with Crippen LogP contribution in [0.5, 0.6) is 11.8 Å². The summed E-state index contributed by atoms with van der Waals surface area (Å²) in [5.41, 5.74) is 2.31. The first kappa shape index (κ1) is 20.5. The number of likely N-dealkylation sites (tertiary alicyclic amines) is 1. The monoisotopic (exact) mass is 416 g/mol. The third-order valence-corrected chi connectivity index (χ3v) is 5.33.